The topological polar surface area (TPSA) is 32.3 Å². The molecule has 0 fully saturated rings. The fourth-order valence-electron chi connectivity index (χ4n) is 1.60. The highest BCUT2D eigenvalue weighted by Crippen LogP contribution is 2.21. The van der Waals surface area contributed by atoms with E-state index in [9.17, 15) is 5.11 Å². The summed E-state index contributed by atoms with van der Waals surface area (Å²) in [5.41, 5.74) is 1.73. The molecule has 2 aromatic rings. The summed E-state index contributed by atoms with van der Waals surface area (Å²) in [6, 6.07) is 17.0. The molecule has 2 N–H and O–H groups in total. The summed E-state index contributed by atoms with van der Waals surface area (Å²) in [5.74, 6) is 0. The van der Waals surface area contributed by atoms with Gasteiger partial charge in [-0.3, -0.25) is 0 Å². The van der Waals surface area contributed by atoms with Gasteiger partial charge in [-0.05, 0) is 17.7 Å². The molecule has 0 unspecified atom stereocenters. The first-order valence-corrected chi connectivity index (χ1v) is 5.86. The lowest BCUT2D eigenvalue weighted by molar-refractivity contribution is 0.191. The molecule has 0 amide bonds. The van der Waals surface area contributed by atoms with Crippen LogP contribution in [-0.2, 0) is 0 Å². The number of anilines is 1. The van der Waals surface area contributed by atoms with E-state index in [4.69, 9.17) is 11.6 Å². The predicted octanol–water partition coefficient (Wildman–Crippen LogP) is 3.49. The monoisotopic (exact) mass is 247 g/mol. The van der Waals surface area contributed by atoms with E-state index in [0.717, 1.165) is 11.3 Å². The van der Waals surface area contributed by atoms with Crippen molar-refractivity contribution in [1.82, 2.24) is 0 Å². The summed E-state index contributed by atoms with van der Waals surface area (Å²) in [6.07, 6.45) is -0.535. The number of rotatable bonds is 4. The van der Waals surface area contributed by atoms with E-state index >= 15 is 0 Å². The van der Waals surface area contributed by atoms with Gasteiger partial charge in [0.2, 0.25) is 0 Å². The average molecular weight is 248 g/mol. The van der Waals surface area contributed by atoms with Gasteiger partial charge in [-0.15, -0.1) is 0 Å². The summed E-state index contributed by atoms with van der Waals surface area (Å²) in [4.78, 5) is 0. The largest absolute Gasteiger partial charge is 0.387 e. The smallest absolute Gasteiger partial charge is 0.0962 e. The fraction of sp³-hybridized carbons (Fsp3) is 0.143. The molecule has 88 valence electrons. The van der Waals surface area contributed by atoms with Crippen LogP contribution < -0.4 is 5.32 Å². The van der Waals surface area contributed by atoms with Crippen LogP contribution in [0.15, 0.2) is 54.6 Å². The van der Waals surface area contributed by atoms with E-state index in [2.05, 4.69) is 5.32 Å². The van der Waals surface area contributed by atoms with Gasteiger partial charge < -0.3 is 10.4 Å². The maximum absolute atomic E-state index is 9.97. The Labute approximate surface area is 106 Å². The zero-order valence-electron chi connectivity index (χ0n) is 9.31. The van der Waals surface area contributed by atoms with E-state index in [0.29, 0.717) is 11.6 Å². The van der Waals surface area contributed by atoms with Gasteiger partial charge in [0.25, 0.3) is 0 Å². The Morgan fingerprint density at radius 3 is 2.35 bits per heavy atom. The molecular weight excluding hydrogens is 234 g/mol. The van der Waals surface area contributed by atoms with Crippen molar-refractivity contribution in [2.45, 2.75) is 6.10 Å². The van der Waals surface area contributed by atoms with Crippen LogP contribution in [0.25, 0.3) is 0 Å². The Hall–Kier alpha value is -1.51. The molecule has 3 heteroatoms. The maximum atomic E-state index is 9.97. The molecular formula is C14H14ClNO. The molecule has 0 aliphatic heterocycles. The molecule has 0 aliphatic carbocycles. The molecule has 2 rings (SSSR count). The van der Waals surface area contributed by atoms with Crippen molar-refractivity contribution in [1.29, 1.82) is 0 Å². The first-order valence-electron chi connectivity index (χ1n) is 5.49. The van der Waals surface area contributed by atoms with E-state index < -0.39 is 6.10 Å². The van der Waals surface area contributed by atoms with Crippen LogP contribution in [0.2, 0.25) is 5.02 Å². The highest BCUT2D eigenvalue weighted by molar-refractivity contribution is 6.33. The van der Waals surface area contributed by atoms with Crippen molar-refractivity contribution in [3.05, 3.63) is 65.2 Å². The average Bonchev–Trinajstić information content (AvgIpc) is 2.38. The molecule has 0 aliphatic rings. The molecule has 2 aromatic carbocycles. The lowest BCUT2D eigenvalue weighted by atomic mass is 10.1. The number of aliphatic hydroxyl groups excluding tert-OH is 1. The van der Waals surface area contributed by atoms with Crippen molar-refractivity contribution >= 4 is 17.3 Å². The first kappa shape index (κ1) is 12.0. The van der Waals surface area contributed by atoms with E-state index in [1.807, 2.05) is 54.6 Å². The first-order chi connectivity index (χ1) is 8.27. The zero-order valence-corrected chi connectivity index (χ0v) is 10.1. The third-order valence-corrected chi connectivity index (χ3v) is 2.87. The highest BCUT2D eigenvalue weighted by Gasteiger charge is 2.07. The summed E-state index contributed by atoms with van der Waals surface area (Å²) in [6.45, 7) is 0.438. The van der Waals surface area contributed by atoms with E-state index in [1.54, 1.807) is 0 Å². The second kappa shape index (κ2) is 5.71. The molecule has 0 aromatic heterocycles. The minimum atomic E-state index is -0.535. The number of hydrogen-bond acceptors (Lipinski definition) is 2. The number of halogens is 1. The van der Waals surface area contributed by atoms with Crippen molar-refractivity contribution in [2.75, 3.05) is 11.9 Å². The minimum absolute atomic E-state index is 0.438. The van der Waals surface area contributed by atoms with Crippen LogP contribution >= 0.6 is 11.6 Å². The van der Waals surface area contributed by atoms with Crippen LogP contribution in [0.3, 0.4) is 0 Å². The maximum Gasteiger partial charge on any atom is 0.0962 e. The van der Waals surface area contributed by atoms with Crippen LogP contribution in [0, 0.1) is 0 Å². The molecule has 0 heterocycles. The summed E-state index contributed by atoms with van der Waals surface area (Å²) in [7, 11) is 0. The Balaban J connectivity index is 1.97. The number of aliphatic hydroxyl groups is 1. The highest BCUT2D eigenvalue weighted by atomic mass is 35.5. The number of nitrogens with one attached hydrogen (secondary N) is 1. The van der Waals surface area contributed by atoms with Crippen LogP contribution in [0.4, 0.5) is 5.69 Å². The van der Waals surface area contributed by atoms with Crippen LogP contribution in [0.1, 0.15) is 11.7 Å². The van der Waals surface area contributed by atoms with E-state index in [1.165, 1.54) is 0 Å². The standard InChI is InChI=1S/C14H14ClNO/c15-12-8-4-5-9-13(12)16-10-14(17)11-6-2-1-3-7-11/h1-9,14,16-17H,10H2/t14-/m0/s1. The second-order valence-electron chi connectivity index (χ2n) is 3.79. The van der Waals surface area contributed by atoms with Gasteiger partial charge in [-0.25, -0.2) is 0 Å². The van der Waals surface area contributed by atoms with Gasteiger partial charge in [0.1, 0.15) is 0 Å². The van der Waals surface area contributed by atoms with Gasteiger partial charge in [0, 0.05) is 6.54 Å². The molecule has 0 radical (unpaired) electrons. The molecule has 17 heavy (non-hydrogen) atoms. The Morgan fingerprint density at radius 1 is 1.00 bits per heavy atom. The van der Waals surface area contributed by atoms with Crippen LogP contribution in [0.5, 0.6) is 0 Å². The third-order valence-electron chi connectivity index (χ3n) is 2.54. The summed E-state index contributed by atoms with van der Waals surface area (Å²) >= 11 is 6.01. The molecule has 0 spiro atoms. The minimum Gasteiger partial charge on any atom is -0.387 e. The van der Waals surface area contributed by atoms with Gasteiger partial charge in [0.15, 0.2) is 0 Å². The van der Waals surface area contributed by atoms with Gasteiger partial charge >= 0.3 is 0 Å². The van der Waals surface area contributed by atoms with E-state index in [-0.39, 0.29) is 0 Å². The quantitative estimate of drug-likeness (QED) is 0.867. The lowest BCUT2D eigenvalue weighted by Gasteiger charge is -2.13. The predicted molar refractivity (Wildman–Crippen MR) is 71.3 cm³/mol. The fourth-order valence-corrected chi connectivity index (χ4v) is 1.81. The second-order valence-corrected chi connectivity index (χ2v) is 4.19. The van der Waals surface area contributed by atoms with Gasteiger partial charge in [-0.2, -0.15) is 0 Å². The van der Waals surface area contributed by atoms with Crippen molar-refractivity contribution in [2.24, 2.45) is 0 Å². The Bertz CT molecular complexity index is 473. The molecule has 1 atom stereocenters. The molecule has 0 saturated heterocycles. The van der Waals surface area contributed by atoms with Crippen molar-refractivity contribution < 1.29 is 5.11 Å². The molecule has 0 saturated carbocycles. The number of para-hydroxylation sites is 1. The third kappa shape index (κ3) is 3.22. The number of benzene rings is 2. The Kier molecular flexibility index (Phi) is 4.02. The van der Waals surface area contributed by atoms with Crippen LogP contribution in [-0.4, -0.2) is 11.7 Å². The molecule has 2 nitrogen and oxygen atoms in total. The van der Waals surface area contributed by atoms with Gasteiger partial charge in [0.05, 0.1) is 16.8 Å². The summed E-state index contributed by atoms with van der Waals surface area (Å²) in [5, 5.41) is 13.8. The normalized spacial score (nSPS) is 12.1. The van der Waals surface area contributed by atoms with Gasteiger partial charge in [-0.1, -0.05) is 54.1 Å². The number of hydrogen-bond donors (Lipinski definition) is 2. The summed E-state index contributed by atoms with van der Waals surface area (Å²) < 4.78 is 0. The molecule has 0 bridgehead atoms. The Morgan fingerprint density at radius 2 is 1.65 bits per heavy atom. The zero-order chi connectivity index (χ0) is 12.1. The van der Waals surface area contributed by atoms with Crippen molar-refractivity contribution in [3.8, 4) is 0 Å². The SMILES string of the molecule is O[C@@H](CNc1ccccc1Cl)c1ccccc1. The lowest BCUT2D eigenvalue weighted by Crippen LogP contribution is -2.12. The van der Waals surface area contributed by atoms with Crippen molar-refractivity contribution in [3.63, 3.8) is 0 Å².